The minimum atomic E-state index is 0.0243. The SMILES string of the molecule is Cc1cccc(Cl)c1-c1c(O)cccc1O. The molecule has 0 aromatic heterocycles. The van der Waals surface area contributed by atoms with E-state index >= 15 is 0 Å². The van der Waals surface area contributed by atoms with Crippen molar-refractivity contribution in [2.75, 3.05) is 0 Å². The van der Waals surface area contributed by atoms with Gasteiger partial charge >= 0.3 is 0 Å². The fourth-order valence-electron chi connectivity index (χ4n) is 1.73. The summed E-state index contributed by atoms with van der Waals surface area (Å²) < 4.78 is 0. The average molecular weight is 235 g/mol. The highest BCUT2D eigenvalue weighted by atomic mass is 35.5. The third kappa shape index (κ3) is 1.72. The molecule has 0 fully saturated rings. The van der Waals surface area contributed by atoms with Gasteiger partial charge < -0.3 is 10.2 Å². The zero-order valence-corrected chi connectivity index (χ0v) is 9.49. The quantitative estimate of drug-likeness (QED) is 0.789. The molecule has 0 spiro atoms. The Bertz CT molecular complexity index is 445. The van der Waals surface area contributed by atoms with Crippen molar-refractivity contribution in [3.63, 3.8) is 0 Å². The van der Waals surface area contributed by atoms with Crippen LogP contribution in [0.2, 0.25) is 5.02 Å². The third-order valence-electron chi connectivity index (χ3n) is 2.49. The lowest BCUT2D eigenvalue weighted by Crippen LogP contribution is -1.86. The number of halogens is 1. The molecule has 0 aliphatic rings. The van der Waals surface area contributed by atoms with E-state index < -0.39 is 0 Å². The molecule has 2 rings (SSSR count). The second-order valence-corrected chi connectivity index (χ2v) is 4.01. The topological polar surface area (TPSA) is 40.5 Å². The largest absolute Gasteiger partial charge is 0.507 e. The molecule has 0 saturated carbocycles. The summed E-state index contributed by atoms with van der Waals surface area (Å²) in [6, 6.07) is 10.1. The van der Waals surface area contributed by atoms with Crippen LogP contribution in [0.1, 0.15) is 5.56 Å². The van der Waals surface area contributed by atoms with Crippen LogP contribution in [0, 0.1) is 6.92 Å². The van der Waals surface area contributed by atoms with Gasteiger partial charge in [0.2, 0.25) is 0 Å². The van der Waals surface area contributed by atoms with Crippen molar-refractivity contribution < 1.29 is 10.2 Å². The summed E-state index contributed by atoms with van der Waals surface area (Å²) in [6.45, 7) is 1.88. The van der Waals surface area contributed by atoms with E-state index in [1.807, 2.05) is 19.1 Å². The molecule has 0 atom stereocenters. The standard InChI is InChI=1S/C13H11ClO2/c1-8-4-2-5-9(14)12(8)13-10(15)6-3-7-11(13)16/h2-7,15-16H,1H3. The summed E-state index contributed by atoms with van der Waals surface area (Å²) in [5, 5.41) is 20.1. The van der Waals surface area contributed by atoms with Gasteiger partial charge in [0, 0.05) is 10.6 Å². The zero-order chi connectivity index (χ0) is 11.7. The molecule has 16 heavy (non-hydrogen) atoms. The lowest BCUT2D eigenvalue weighted by atomic mass is 9.99. The summed E-state index contributed by atoms with van der Waals surface area (Å²) in [5.41, 5.74) is 1.95. The number of hydrogen-bond acceptors (Lipinski definition) is 2. The zero-order valence-electron chi connectivity index (χ0n) is 8.74. The molecule has 2 N–H and O–H groups in total. The average Bonchev–Trinajstić information content (AvgIpc) is 2.21. The van der Waals surface area contributed by atoms with Gasteiger partial charge in [0.15, 0.2) is 0 Å². The molecule has 2 nitrogen and oxygen atoms in total. The van der Waals surface area contributed by atoms with Gasteiger partial charge in [-0.1, -0.05) is 29.8 Å². The maximum Gasteiger partial charge on any atom is 0.127 e. The van der Waals surface area contributed by atoms with Gasteiger partial charge in [0.1, 0.15) is 11.5 Å². The maximum atomic E-state index is 9.78. The molecule has 0 saturated heterocycles. The van der Waals surface area contributed by atoms with Gasteiger partial charge in [0.05, 0.1) is 5.56 Å². The number of hydrogen-bond donors (Lipinski definition) is 2. The molecule has 2 aromatic carbocycles. The lowest BCUT2D eigenvalue weighted by molar-refractivity contribution is 0.454. The lowest BCUT2D eigenvalue weighted by Gasteiger charge is -2.11. The first-order valence-corrected chi connectivity index (χ1v) is 5.25. The molecule has 0 aliphatic heterocycles. The first-order valence-electron chi connectivity index (χ1n) is 4.87. The predicted octanol–water partition coefficient (Wildman–Crippen LogP) is 3.73. The fraction of sp³-hybridized carbons (Fsp3) is 0.0769. The maximum absolute atomic E-state index is 9.78. The van der Waals surface area contributed by atoms with Crippen LogP contribution in [0.5, 0.6) is 11.5 Å². The Kier molecular flexibility index (Phi) is 2.75. The molecule has 0 bridgehead atoms. The fourth-order valence-corrected chi connectivity index (χ4v) is 2.05. The van der Waals surface area contributed by atoms with Crippen LogP contribution >= 0.6 is 11.6 Å². The normalized spacial score (nSPS) is 10.4. The number of aryl methyl sites for hydroxylation is 1. The monoisotopic (exact) mass is 234 g/mol. The van der Waals surface area contributed by atoms with E-state index in [1.54, 1.807) is 12.1 Å². The Hall–Kier alpha value is -1.67. The van der Waals surface area contributed by atoms with Gasteiger partial charge in [-0.05, 0) is 30.7 Å². The van der Waals surface area contributed by atoms with Crippen LogP contribution in [0.25, 0.3) is 11.1 Å². The highest BCUT2D eigenvalue weighted by molar-refractivity contribution is 6.33. The summed E-state index contributed by atoms with van der Waals surface area (Å²) >= 11 is 6.09. The van der Waals surface area contributed by atoms with Gasteiger partial charge in [-0.2, -0.15) is 0 Å². The first-order chi connectivity index (χ1) is 7.61. The van der Waals surface area contributed by atoms with Crippen LogP contribution in [-0.4, -0.2) is 10.2 Å². The summed E-state index contributed by atoms with van der Waals surface area (Å²) in [7, 11) is 0. The highest BCUT2D eigenvalue weighted by Crippen LogP contribution is 2.41. The number of benzene rings is 2. The van der Waals surface area contributed by atoms with Gasteiger partial charge in [-0.3, -0.25) is 0 Å². The van der Waals surface area contributed by atoms with Crippen LogP contribution in [0.15, 0.2) is 36.4 Å². The van der Waals surface area contributed by atoms with Gasteiger partial charge in [-0.15, -0.1) is 0 Å². The molecular formula is C13H11ClO2. The van der Waals surface area contributed by atoms with Crippen LogP contribution in [0.3, 0.4) is 0 Å². The van der Waals surface area contributed by atoms with E-state index in [4.69, 9.17) is 11.6 Å². The van der Waals surface area contributed by atoms with Crippen molar-refractivity contribution in [2.45, 2.75) is 6.92 Å². The van der Waals surface area contributed by atoms with E-state index in [0.29, 0.717) is 16.1 Å². The predicted molar refractivity (Wildman–Crippen MR) is 65.0 cm³/mol. The molecule has 0 unspecified atom stereocenters. The third-order valence-corrected chi connectivity index (χ3v) is 2.81. The minimum absolute atomic E-state index is 0.0243. The van der Waals surface area contributed by atoms with Crippen LogP contribution in [0.4, 0.5) is 0 Å². The first kappa shape index (κ1) is 10.8. The molecule has 0 amide bonds. The summed E-state index contributed by atoms with van der Waals surface area (Å²) in [6.07, 6.45) is 0. The molecule has 0 heterocycles. The molecule has 0 aliphatic carbocycles. The van der Waals surface area contributed by atoms with Gasteiger partial charge in [0.25, 0.3) is 0 Å². The number of phenolic OH excluding ortho intramolecular Hbond substituents is 2. The number of phenols is 2. The molecular weight excluding hydrogens is 224 g/mol. The van der Waals surface area contributed by atoms with Crippen molar-refractivity contribution >= 4 is 11.6 Å². The molecule has 3 heteroatoms. The summed E-state index contributed by atoms with van der Waals surface area (Å²) in [5.74, 6) is 0.0485. The number of rotatable bonds is 1. The van der Waals surface area contributed by atoms with E-state index in [0.717, 1.165) is 5.56 Å². The highest BCUT2D eigenvalue weighted by Gasteiger charge is 2.14. The molecule has 0 radical (unpaired) electrons. The second-order valence-electron chi connectivity index (χ2n) is 3.60. The summed E-state index contributed by atoms with van der Waals surface area (Å²) in [4.78, 5) is 0. The van der Waals surface area contributed by atoms with E-state index in [-0.39, 0.29) is 11.5 Å². The van der Waals surface area contributed by atoms with Crippen molar-refractivity contribution in [2.24, 2.45) is 0 Å². The van der Waals surface area contributed by atoms with Crippen molar-refractivity contribution in [1.29, 1.82) is 0 Å². The van der Waals surface area contributed by atoms with E-state index in [1.165, 1.54) is 12.1 Å². The van der Waals surface area contributed by atoms with Crippen LogP contribution in [-0.2, 0) is 0 Å². The number of aromatic hydroxyl groups is 2. The Morgan fingerprint density at radius 1 is 0.875 bits per heavy atom. The Labute approximate surface area is 98.7 Å². The van der Waals surface area contributed by atoms with E-state index in [9.17, 15) is 10.2 Å². The van der Waals surface area contributed by atoms with Crippen molar-refractivity contribution in [3.05, 3.63) is 47.0 Å². The minimum Gasteiger partial charge on any atom is -0.507 e. The van der Waals surface area contributed by atoms with Gasteiger partial charge in [-0.25, -0.2) is 0 Å². The van der Waals surface area contributed by atoms with Crippen LogP contribution < -0.4 is 0 Å². The Morgan fingerprint density at radius 2 is 1.44 bits per heavy atom. The second kappa shape index (κ2) is 4.06. The Balaban J connectivity index is 2.77. The van der Waals surface area contributed by atoms with Crippen molar-refractivity contribution in [1.82, 2.24) is 0 Å². The smallest absolute Gasteiger partial charge is 0.127 e. The molecule has 82 valence electrons. The Morgan fingerprint density at radius 3 is 2.00 bits per heavy atom. The van der Waals surface area contributed by atoms with E-state index in [2.05, 4.69) is 0 Å². The van der Waals surface area contributed by atoms with Crippen molar-refractivity contribution in [3.8, 4) is 22.6 Å². The molecule has 2 aromatic rings.